The molecule has 4 nitrogen and oxygen atoms in total. The third kappa shape index (κ3) is 4.15. The molecule has 24 heavy (non-hydrogen) atoms. The Balaban J connectivity index is 2.22. The van der Waals surface area contributed by atoms with Crippen molar-refractivity contribution in [3.8, 4) is 6.07 Å². The van der Waals surface area contributed by atoms with E-state index in [1.54, 1.807) is 0 Å². The van der Waals surface area contributed by atoms with Crippen LogP contribution >= 0.6 is 0 Å². The molecule has 2 atom stereocenters. The van der Waals surface area contributed by atoms with E-state index in [0.717, 1.165) is 19.4 Å². The van der Waals surface area contributed by atoms with Gasteiger partial charge in [-0.2, -0.15) is 5.26 Å². The average Bonchev–Trinajstić information content (AvgIpc) is 2.53. The van der Waals surface area contributed by atoms with Crippen LogP contribution in [0.5, 0.6) is 0 Å². The van der Waals surface area contributed by atoms with Crippen molar-refractivity contribution in [2.75, 3.05) is 13.6 Å². The third-order valence-corrected chi connectivity index (χ3v) is 4.77. The summed E-state index contributed by atoms with van der Waals surface area (Å²) in [6, 6.07) is 12.7. The number of esters is 1. The van der Waals surface area contributed by atoms with E-state index in [9.17, 15) is 10.1 Å². The Labute approximate surface area is 145 Å². The number of likely N-dealkylation sites (N-methyl/N-ethyl adjacent to an activating group) is 1. The van der Waals surface area contributed by atoms with Gasteiger partial charge in [-0.05, 0) is 59.2 Å². The maximum absolute atomic E-state index is 12.2. The first kappa shape index (κ1) is 18.5. The minimum atomic E-state index is -0.656. The number of hydrogen-bond donors (Lipinski definition) is 0. The molecule has 0 aromatic heterocycles. The van der Waals surface area contributed by atoms with Crippen molar-refractivity contribution in [3.05, 3.63) is 35.9 Å². The predicted octanol–water partition coefficient (Wildman–Crippen LogP) is 3.88. The quantitative estimate of drug-likeness (QED) is 0.787. The normalized spacial score (nSPS) is 25.0. The largest absolute Gasteiger partial charge is 0.460 e. The highest BCUT2D eigenvalue weighted by Gasteiger charge is 2.46. The van der Waals surface area contributed by atoms with E-state index in [0.29, 0.717) is 6.42 Å². The molecule has 0 unspecified atom stereocenters. The number of hydrogen-bond acceptors (Lipinski definition) is 4. The molecule has 0 aliphatic carbocycles. The van der Waals surface area contributed by atoms with Gasteiger partial charge < -0.3 is 4.74 Å². The van der Waals surface area contributed by atoms with Gasteiger partial charge in [-0.1, -0.05) is 30.3 Å². The first-order valence-corrected chi connectivity index (χ1v) is 8.68. The molecule has 130 valence electrons. The number of nitrogens with zero attached hydrogens (tertiary/aromatic N) is 2. The number of rotatable bonds is 4. The summed E-state index contributed by atoms with van der Waals surface area (Å²) in [5.74, 6) is -0.118. The molecule has 0 bridgehead atoms. The molecule has 0 N–H and O–H groups in total. The van der Waals surface area contributed by atoms with Crippen molar-refractivity contribution in [1.29, 1.82) is 5.26 Å². The molecular weight excluding hydrogens is 300 g/mol. The van der Waals surface area contributed by atoms with Crippen LogP contribution in [0.25, 0.3) is 0 Å². The molecule has 2 rings (SSSR count). The summed E-state index contributed by atoms with van der Waals surface area (Å²) in [4.78, 5) is 14.3. The van der Waals surface area contributed by atoms with Gasteiger partial charge in [-0.15, -0.1) is 0 Å². The van der Waals surface area contributed by atoms with Gasteiger partial charge in [0.05, 0.1) is 6.07 Å². The van der Waals surface area contributed by atoms with Gasteiger partial charge >= 0.3 is 5.97 Å². The fraction of sp³-hybridized carbons (Fsp3) is 0.600. The number of benzene rings is 1. The van der Waals surface area contributed by atoms with E-state index in [1.807, 2.05) is 46.0 Å². The highest BCUT2D eigenvalue weighted by Crippen LogP contribution is 2.42. The van der Waals surface area contributed by atoms with Crippen LogP contribution in [0.15, 0.2) is 30.3 Å². The fourth-order valence-electron chi connectivity index (χ4n) is 3.63. The standard InChI is InChI=1S/C20H28N2O2/c1-19(2,3)24-18(23)12-13-20(15-21)17(11-8-14-22(20)4)16-9-6-5-7-10-16/h5-7,9-10,17H,8,11-14H2,1-4H3/t17-,20+/m0/s1. The molecule has 1 saturated heterocycles. The summed E-state index contributed by atoms with van der Waals surface area (Å²) in [5.41, 5.74) is 0.0276. The number of ether oxygens (including phenoxy) is 1. The van der Waals surface area contributed by atoms with Crippen LogP contribution in [0.4, 0.5) is 0 Å². The molecule has 0 spiro atoms. The van der Waals surface area contributed by atoms with Crippen molar-refractivity contribution in [2.45, 2.75) is 63.5 Å². The average molecular weight is 328 g/mol. The topological polar surface area (TPSA) is 53.3 Å². The van der Waals surface area contributed by atoms with E-state index >= 15 is 0 Å². The van der Waals surface area contributed by atoms with E-state index in [4.69, 9.17) is 4.74 Å². The third-order valence-electron chi connectivity index (χ3n) is 4.77. The van der Waals surface area contributed by atoms with E-state index < -0.39 is 11.1 Å². The second-order valence-electron chi connectivity index (χ2n) is 7.65. The van der Waals surface area contributed by atoms with Crippen LogP contribution in [0, 0.1) is 11.3 Å². The summed E-state index contributed by atoms with van der Waals surface area (Å²) < 4.78 is 5.43. The lowest BCUT2D eigenvalue weighted by atomic mass is 9.71. The van der Waals surface area contributed by atoms with Gasteiger partial charge in [-0.25, -0.2) is 0 Å². The first-order valence-electron chi connectivity index (χ1n) is 8.68. The molecule has 0 amide bonds. The lowest BCUT2D eigenvalue weighted by molar-refractivity contribution is -0.155. The summed E-state index contributed by atoms with van der Waals surface area (Å²) >= 11 is 0. The van der Waals surface area contributed by atoms with Gasteiger partial charge in [0.2, 0.25) is 0 Å². The Morgan fingerprint density at radius 2 is 2.04 bits per heavy atom. The zero-order valence-corrected chi connectivity index (χ0v) is 15.2. The summed E-state index contributed by atoms with van der Waals surface area (Å²) in [5, 5.41) is 10.0. The monoisotopic (exact) mass is 328 g/mol. The number of likely N-dealkylation sites (tertiary alicyclic amines) is 1. The molecule has 4 heteroatoms. The lowest BCUT2D eigenvalue weighted by Crippen LogP contribution is -2.53. The molecule has 0 radical (unpaired) electrons. The van der Waals surface area contributed by atoms with Crippen molar-refractivity contribution in [1.82, 2.24) is 4.90 Å². The highest BCUT2D eigenvalue weighted by atomic mass is 16.6. The summed E-state index contributed by atoms with van der Waals surface area (Å²) in [6.07, 6.45) is 2.79. The Kier molecular flexibility index (Phi) is 5.66. The van der Waals surface area contributed by atoms with E-state index in [1.165, 1.54) is 5.56 Å². The van der Waals surface area contributed by atoms with E-state index in [-0.39, 0.29) is 18.3 Å². The second-order valence-corrected chi connectivity index (χ2v) is 7.65. The molecule has 1 aromatic rings. The van der Waals surface area contributed by atoms with Gasteiger partial charge in [-0.3, -0.25) is 9.69 Å². The van der Waals surface area contributed by atoms with Crippen molar-refractivity contribution < 1.29 is 9.53 Å². The smallest absolute Gasteiger partial charge is 0.306 e. The van der Waals surface area contributed by atoms with Crippen LogP contribution in [0.2, 0.25) is 0 Å². The van der Waals surface area contributed by atoms with Gasteiger partial charge in [0.1, 0.15) is 11.1 Å². The zero-order valence-electron chi connectivity index (χ0n) is 15.2. The first-order chi connectivity index (χ1) is 11.3. The van der Waals surface area contributed by atoms with Crippen LogP contribution in [0.1, 0.15) is 57.9 Å². The molecule has 1 aromatic carbocycles. The second kappa shape index (κ2) is 7.36. The SMILES string of the molecule is CN1CCC[C@@H](c2ccccc2)[C@]1(C#N)CCC(=O)OC(C)(C)C. The van der Waals surface area contributed by atoms with Crippen molar-refractivity contribution in [2.24, 2.45) is 0 Å². The molecule has 1 fully saturated rings. The van der Waals surface area contributed by atoms with Crippen LogP contribution < -0.4 is 0 Å². The Hall–Kier alpha value is -1.86. The zero-order chi connectivity index (χ0) is 17.8. The number of carbonyl (C=O) groups excluding carboxylic acids is 1. The van der Waals surface area contributed by atoms with Gasteiger partial charge in [0, 0.05) is 12.3 Å². The maximum Gasteiger partial charge on any atom is 0.306 e. The minimum Gasteiger partial charge on any atom is -0.460 e. The van der Waals surface area contributed by atoms with Crippen LogP contribution in [-0.2, 0) is 9.53 Å². The highest BCUT2D eigenvalue weighted by molar-refractivity contribution is 5.70. The molecule has 1 aliphatic heterocycles. The molecule has 0 saturated carbocycles. The van der Waals surface area contributed by atoms with E-state index in [2.05, 4.69) is 23.1 Å². The molecule has 1 heterocycles. The van der Waals surface area contributed by atoms with Crippen LogP contribution in [-0.4, -0.2) is 35.6 Å². The molecular formula is C20H28N2O2. The van der Waals surface area contributed by atoms with Gasteiger partial charge in [0.15, 0.2) is 0 Å². The number of carbonyl (C=O) groups is 1. The molecule has 1 aliphatic rings. The Morgan fingerprint density at radius 3 is 2.62 bits per heavy atom. The Morgan fingerprint density at radius 1 is 1.38 bits per heavy atom. The predicted molar refractivity (Wildman–Crippen MR) is 94.5 cm³/mol. The lowest BCUT2D eigenvalue weighted by Gasteiger charge is -2.46. The summed E-state index contributed by atoms with van der Waals surface area (Å²) in [7, 11) is 1.99. The summed E-state index contributed by atoms with van der Waals surface area (Å²) in [6.45, 7) is 6.48. The number of nitriles is 1. The fourth-order valence-corrected chi connectivity index (χ4v) is 3.63. The van der Waals surface area contributed by atoms with Crippen molar-refractivity contribution in [3.63, 3.8) is 0 Å². The van der Waals surface area contributed by atoms with Crippen LogP contribution in [0.3, 0.4) is 0 Å². The van der Waals surface area contributed by atoms with Gasteiger partial charge in [0.25, 0.3) is 0 Å². The minimum absolute atomic E-state index is 0.116. The van der Waals surface area contributed by atoms with Crippen molar-refractivity contribution >= 4 is 5.97 Å². The maximum atomic E-state index is 12.2. The Bertz CT molecular complexity index is 600. The number of piperidine rings is 1.